The van der Waals surface area contributed by atoms with Crippen molar-refractivity contribution in [3.8, 4) is 0 Å². The predicted molar refractivity (Wildman–Crippen MR) is 62.5 cm³/mol. The number of carbonyl (C=O) groups excluding carboxylic acids is 2. The van der Waals surface area contributed by atoms with Gasteiger partial charge in [-0.15, -0.1) is 11.3 Å². The molecule has 0 aromatic carbocycles. The molecule has 2 rings (SSSR count). The van der Waals surface area contributed by atoms with E-state index in [9.17, 15) is 9.59 Å². The summed E-state index contributed by atoms with van der Waals surface area (Å²) < 4.78 is 0. The van der Waals surface area contributed by atoms with E-state index in [1.807, 2.05) is 6.92 Å². The number of thiophene rings is 1. The Labute approximate surface area is 98.3 Å². The normalized spacial score (nSPS) is 17.8. The van der Waals surface area contributed by atoms with Gasteiger partial charge in [0.1, 0.15) is 6.54 Å². The Bertz CT molecular complexity index is 427. The molecule has 16 heavy (non-hydrogen) atoms. The molecule has 0 bridgehead atoms. The molecule has 1 N–H and O–H groups in total. The van der Waals surface area contributed by atoms with Crippen molar-refractivity contribution >= 4 is 23.3 Å². The van der Waals surface area contributed by atoms with Crippen LogP contribution in [-0.2, 0) is 11.2 Å². The molecule has 0 aliphatic carbocycles. The highest BCUT2D eigenvalue weighted by atomic mass is 32.1. The molecule has 2 heterocycles. The van der Waals surface area contributed by atoms with Crippen LogP contribution in [0.4, 0.5) is 4.79 Å². The molecule has 0 radical (unpaired) electrons. The quantitative estimate of drug-likeness (QED) is 0.812. The molecule has 1 saturated heterocycles. The van der Waals surface area contributed by atoms with Gasteiger partial charge in [0.15, 0.2) is 0 Å². The molecule has 1 unspecified atom stereocenters. The molecule has 1 aliphatic rings. The Morgan fingerprint density at radius 3 is 2.75 bits per heavy atom. The van der Waals surface area contributed by atoms with Crippen LogP contribution in [0, 0.1) is 6.92 Å². The molecule has 5 heteroatoms. The predicted octanol–water partition coefficient (Wildman–Crippen LogP) is 1.54. The summed E-state index contributed by atoms with van der Waals surface area (Å²) in [7, 11) is 0. The van der Waals surface area contributed by atoms with Crippen LogP contribution in [0.15, 0.2) is 12.1 Å². The van der Waals surface area contributed by atoms with Gasteiger partial charge in [0.2, 0.25) is 5.91 Å². The van der Waals surface area contributed by atoms with Crippen molar-refractivity contribution in [3.63, 3.8) is 0 Å². The Kier molecular flexibility index (Phi) is 2.96. The Hall–Kier alpha value is -1.36. The fraction of sp³-hybridized carbons (Fsp3) is 0.455. The Balaban J connectivity index is 2.00. The first-order valence-electron chi connectivity index (χ1n) is 5.22. The van der Waals surface area contributed by atoms with Crippen molar-refractivity contribution in [1.29, 1.82) is 0 Å². The van der Waals surface area contributed by atoms with Crippen molar-refractivity contribution in [2.75, 3.05) is 6.54 Å². The first-order valence-corrected chi connectivity index (χ1v) is 6.03. The van der Waals surface area contributed by atoms with Gasteiger partial charge in [-0.1, -0.05) is 0 Å². The van der Waals surface area contributed by atoms with Crippen molar-refractivity contribution in [3.05, 3.63) is 21.9 Å². The average molecular weight is 238 g/mol. The van der Waals surface area contributed by atoms with Crippen LogP contribution in [0.5, 0.6) is 0 Å². The zero-order valence-electron chi connectivity index (χ0n) is 9.32. The zero-order valence-corrected chi connectivity index (χ0v) is 10.1. The first-order chi connectivity index (χ1) is 7.56. The lowest BCUT2D eigenvalue weighted by molar-refractivity contribution is -0.118. The maximum atomic E-state index is 11.4. The molecule has 0 saturated carbocycles. The number of rotatable bonds is 3. The Morgan fingerprint density at radius 1 is 1.50 bits per heavy atom. The number of urea groups is 1. The van der Waals surface area contributed by atoms with E-state index in [2.05, 4.69) is 24.4 Å². The van der Waals surface area contributed by atoms with Gasteiger partial charge in [0, 0.05) is 22.2 Å². The lowest BCUT2D eigenvalue weighted by atomic mass is 10.2. The lowest BCUT2D eigenvalue weighted by Gasteiger charge is -2.21. The number of carbonyl (C=O) groups is 2. The molecule has 1 aromatic rings. The van der Waals surface area contributed by atoms with Gasteiger partial charge in [-0.05, 0) is 26.0 Å². The summed E-state index contributed by atoms with van der Waals surface area (Å²) in [4.78, 5) is 26.6. The van der Waals surface area contributed by atoms with Gasteiger partial charge in [-0.3, -0.25) is 10.1 Å². The summed E-state index contributed by atoms with van der Waals surface area (Å²) >= 11 is 1.73. The first kappa shape index (κ1) is 11.1. The van der Waals surface area contributed by atoms with Gasteiger partial charge in [0.25, 0.3) is 0 Å². The third-order valence-electron chi connectivity index (χ3n) is 2.65. The third kappa shape index (κ3) is 2.24. The van der Waals surface area contributed by atoms with Crippen LogP contribution in [0.2, 0.25) is 0 Å². The molecule has 1 aromatic heterocycles. The molecule has 4 nitrogen and oxygen atoms in total. The fourth-order valence-corrected chi connectivity index (χ4v) is 2.82. The van der Waals surface area contributed by atoms with Gasteiger partial charge < -0.3 is 4.90 Å². The zero-order chi connectivity index (χ0) is 11.7. The minimum absolute atomic E-state index is 0.0597. The monoisotopic (exact) mass is 238 g/mol. The topological polar surface area (TPSA) is 49.4 Å². The van der Waals surface area contributed by atoms with E-state index < -0.39 is 0 Å². The van der Waals surface area contributed by atoms with Crippen molar-refractivity contribution in [1.82, 2.24) is 10.2 Å². The second-order valence-electron chi connectivity index (χ2n) is 4.05. The molecule has 1 atom stereocenters. The van der Waals surface area contributed by atoms with Crippen molar-refractivity contribution in [2.24, 2.45) is 0 Å². The standard InChI is InChI=1S/C11H14N2O2S/c1-7(5-9-4-3-8(2)16-9)13-6-10(14)12-11(13)15/h3-4,7H,5-6H2,1-2H3,(H,12,14,15). The molecule has 1 aliphatic heterocycles. The maximum Gasteiger partial charge on any atom is 0.324 e. The summed E-state index contributed by atoms with van der Waals surface area (Å²) in [5, 5.41) is 2.29. The smallest absolute Gasteiger partial charge is 0.312 e. The number of hydrogen-bond acceptors (Lipinski definition) is 3. The molecular formula is C11H14N2O2S. The van der Waals surface area contributed by atoms with Gasteiger partial charge in [-0.2, -0.15) is 0 Å². The van der Waals surface area contributed by atoms with E-state index in [-0.39, 0.29) is 24.5 Å². The van der Waals surface area contributed by atoms with Crippen molar-refractivity contribution < 1.29 is 9.59 Å². The highest BCUT2D eigenvalue weighted by Gasteiger charge is 2.30. The summed E-state index contributed by atoms with van der Waals surface area (Å²) in [5.41, 5.74) is 0. The number of hydrogen-bond donors (Lipinski definition) is 1. The maximum absolute atomic E-state index is 11.4. The Morgan fingerprint density at radius 2 is 2.25 bits per heavy atom. The average Bonchev–Trinajstić information content (AvgIpc) is 2.73. The van der Waals surface area contributed by atoms with E-state index in [1.165, 1.54) is 9.75 Å². The van der Waals surface area contributed by atoms with Crippen LogP contribution >= 0.6 is 11.3 Å². The highest BCUT2D eigenvalue weighted by Crippen LogP contribution is 2.19. The van der Waals surface area contributed by atoms with Crippen LogP contribution in [0.25, 0.3) is 0 Å². The van der Waals surface area contributed by atoms with Crippen LogP contribution in [0.1, 0.15) is 16.7 Å². The molecule has 86 valence electrons. The number of nitrogens with zero attached hydrogens (tertiary/aromatic N) is 1. The second kappa shape index (κ2) is 4.25. The summed E-state index contributed by atoms with van der Waals surface area (Å²) in [6.07, 6.45) is 0.805. The van der Waals surface area contributed by atoms with Crippen LogP contribution in [0.3, 0.4) is 0 Å². The third-order valence-corrected chi connectivity index (χ3v) is 3.67. The van der Waals surface area contributed by atoms with E-state index in [0.29, 0.717) is 0 Å². The van der Waals surface area contributed by atoms with Crippen molar-refractivity contribution in [2.45, 2.75) is 26.3 Å². The highest BCUT2D eigenvalue weighted by molar-refractivity contribution is 7.11. The lowest BCUT2D eigenvalue weighted by Crippen LogP contribution is -2.37. The SMILES string of the molecule is Cc1ccc(CC(C)N2CC(=O)NC2=O)s1. The minimum Gasteiger partial charge on any atom is -0.312 e. The van der Waals surface area contributed by atoms with Gasteiger partial charge in [-0.25, -0.2) is 4.79 Å². The summed E-state index contributed by atoms with van der Waals surface area (Å²) in [6, 6.07) is 3.93. The molecule has 3 amide bonds. The molecular weight excluding hydrogens is 224 g/mol. The second-order valence-corrected chi connectivity index (χ2v) is 5.42. The minimum atomic E-state index is -0.272. The summed E-state index contributed by atoms with van der Waals surface area (Å²) in [5.74, 6) is -0.209. The van der Waals surface area contributed by atoms with Crippen LogP contribution < -0.4 is 5.32 Å². The van der Waals surface area contributed by atoms with Crippen LogP contribution in [-0.4, -0.2) is 29.4 Å². The fourth-order valence-electron chi connectivity index (χ4n) is 1.81. The van der Waals surface area contributed by atoms with Gasteiger partial charge >= 0.3 is 6.03 Å². The number of imide groups is 1. The largest absolute Gasteiger partial charge is 0.324 e. The van der Waals surface area contributed by atoms with E-state index in [1.54, 1.807) is 16.2 Å². The number of aryl methyl sites for hydroxylation is 1. The molecule has 0 spiro atoms. The van der Waals surface area contributed by atoms with E-state index in [0.717, 1.165) is 6.42 Å². The van der Waals surface area contributed by atoms with E-state index >= 15 is 0 Å². The molecule has 1 fully saturated rings. The number of nitrogens with one attached hydrogen (secondary N) is 1. The van der Waals surface area contributed by atoms with Gasteiger partial charge in [0.05, 0.1) is 0 Å². The summed E-state index contributed by atoms with van der Waals surface area (Å²) in [6.45, 7) is 4.21. The number of amides is 3. The van der Waals surface area contributed by atoms with E-state index in [4.69, 9.17) is 0 Å².